The summed E-state index contributed by atoms with van der Waals surface area (Å²) in [6.45, 7) is 0.655. The van der Waals surface area contributed by atoms with E-state index in [0.29, 0.717) is 12.5 Å². The third-order valence-corrected chi connectivity index (χ3v) is 4.96. The van der Waals surface area contributed by atoms with Crippen LogP contribution in [0.3, 0.4) is 0 Å². The fourth-order valence-electron chi connectivity index (χ4n) is 1.88. The standard InChI is InChI=1S/C11H18ClNOS/c12-9(8-4-5-8)7-13-11(14)10-3-1-2-6-15-10/h8-10H,1-7H2,(H,13,14). The SMILES string of the molecule is O=C(NCC(Cl)C1CC1)C1CCCCS1. The Morgan fingerprint density at radius 3 is 2.80 bits per heavy atom. The van der Waals surface area contributed by atoms with Gasteiger partial charge in [0.2, 0.25) is 5.91 Å². The summed E-state index contributed by atoms with van der Waals surface area (Å²) in [4.78, 5) is 11.8. The lowest BCUT2D eigenvalue weighted by Crippen LogP contribution is -2.37. The average molecular weight is 248 g/mol. The first-order chi connectivity index (χ1) is 7.27. The Morgan fingerprint density at radius 2 is 2.20 bits per heavy atom. The van der Waals surface area contributed by atoms with Crippen molar-refractivity contribution in [3.63, 3.8) is 0 Å². The van der Waals surface area contributed by atoms with Gasteiger partial charge in [-0.3, -0.25) is 4.79 Å². The fraction of sp³-hybridized carbons (Fsp3) is 0.909. The van der Waals surface area contributed by atoms with Gasteiger partial charge in [0, 0.05) is 6.54 Å². The van der Waals surface area contributed by atoms with Crippen molar-refractivity contribution in [3.8, 4) is 0 Å². The van der Waals surface area contributed by atoms with Crippen LogP contribution in [0.25, 0.3) is 0 Å². The van der Waals surface area contributed by atoms with Gasteiger partial charge in [-0.25, -0.2) is 0 Å². The summed E-state index contributed by atoms with van der Waals surface area (Å²) in [5.41, 5.74) is 0. The van der Waals surface area contributed by atoms with Crippen LogP contribution >= 0.6 is 23.4 Å². The molecule has 1 aliphatic carbocycles. The Morgan fingerprint density at radius 1 is 1.40 bits per heavy atom. The van der Waals surface area contributed by atoms with E-state index >= 15 is 0 Å². The van der Waals surface area contributed by atoms with Crippen molar-refractivity contribution in [1.82, 2.24) is 5.32 Å². The van der Waals surface area contributed by atoms with Crippen molar-refractivity contribution in [3.05, 3.63) is 0 Å². The largest absolute Gasteiger partial charge is 0.354 e. The van der Waals surface area contributed by atoms with Crippen LogP contribution in [0.1, 0.15) is 32.1 Å². The normalized spacial score (nSPS) is 28.5. The predicted molar refractivity (Wildman–Crippen MR) is 65.5 cm³/mol. The highest BCUT2D eigenvalue weighted by atomic mass is 35.5. The number of hydrogen-bond donors (Lipinski definition) is 1. The van der Waals surface area contributed by atoms with Gasteiger partial charge in [0.25, 0.3) is 0 Å². The minimum absolute atomic E-state index is 0.155. The van der Waals surface area contributed by atoms with Gasteiger partial charge in [-0.1, -0.05) is 6.42 Å². The van der Waals surface area contributed by atoms with E-state index in [2.05, 4.69) is 5.32 Å². The number of thioether (sulfide) groups is 1. The van der Waals surface area contributed by atoms with Gasteiger partial charge in [-0.05, 0) is 37.4 Å². The third-order valence-electron chi connectivity index (χ3n) is 3.08. The minimum Gasteiger partial charge on any atom is -0.354 e. The number of amides is 1. The van der Waals surface area contributed by atoms with E-state index in [9.17, 15) is 4.79 Å². The van der Waals surface area contributed by atoms with Crippen molar-refractivity contribution in [1.29, 1.82) is 0 Å². The van der Waals surface area contributed by atoms with E-state index in [1.807, 2.05) is 0 Å². The molecule has 1 heterocycles. The van der Waals surface area contributed by atoms with Gasteiger partial charge >= 0.3 is 0 Å². The van der Waals surface area contributed by atoms with E-state index in [1.165, 1.54) is 25.7 Å². The van der Waals surface area contributed by atoms with E-state index in [1.54, 1.807) is 11.8 Å². The number of nitrogens with one attached hydrogen (secondary N) is 1. The first-order valence-electron chi connectivity index (χ1n) is 5.81. The summed E-state index contributed by atoms with van der Waals surface area (Å²) >= 11 is 7.93. The van der Waals surface area contributed by atoms with Crippen LogP contribution in [0, 0.1) is 5.92 Å². The Bertz CT molecular complexity index is 227. The average Bonchev–Trinajstić information content (AvgIpc) is 3.10. The fourth-order valence-corrected chi connectivity index (χ4v) is 3.44. The van der Waals surface area contributed by atoms with Gasteiger partial charge in [0.15, 0.2) is 0 Å². The lowest BCUT2D eigenvalue weighted by atomic mass is 10.2. The molecule has 1 aliphatic heterocycles. The highest BCUT2D eigenvalue weighted by Gasteiger charge is 2.30. The second-order valence-corrected chi connectivity index (χ2v) is 6.32. The zero-order chi connectivity index (χ0) is 10.7. The summed E-state index contributed by atoms with van der Waals surface area (Å²) < 4.78 is 0. The zero-order valence-corrected chi connectivity index (χ0v) is 10.4. The van der Waals surface area contributed by atoms with Crippen molar-refractivity contribution in [2.45, 2.75) is 42.7 Å². The summed E-state index contributed by atoms with van der Waals surface area (Å²) in [5.74, 6) is 1.99. The summed E-state index contributed by atoms with van der Waals surface area (Å²) in [7, 11) is 0. The number of rotatable bonds is 4. The zero-order valence-electron chi connectivity index (χ0n) is 8.88. The number of alkyl halides is 1. The lowest BCUT2D eigenvalue weighted by molar-refractivity contribution is -0.120. The molecule has 86 valence electrons. The molecule has 2 fully saturated rings. The van der Waals surface area contributed by atoms with E-state index < -0.39 is 0 Å². The molecule has 0 aromatic heterocycles. The Hall–Kier alpha value is 0.110. The number of carbonyl (C=O) groups excluding carboxylic acids is 1. The molecule has 2 nitrogen and oxygen atoms in total. The molecule has 1 amide bonds. The molecule has 1 saturated heterocycles. The molecule has 0 spiro atoms. The second kappa shape index (κ2) is 5.44. The molecule has 1 saturated carbocycles. The summed E-state index contributed by atoms with van der Waals surface area (Å²) in [5, 5.41) is 3.32. The van der Waals surface area contributed by atoms with Gasteiger partial charge in [0.05, 0.1) is 10.6 Å². The van der Waals surface area contributed by atoms with Crippen molar-refractivity contribution in [2.24, 2.45) is 5.92 Å². The van der Waals surface area contributed by atoms with Crippen LogP contribution in [-0.4, -0.2) is 28.8 Å². The van der Waals surface area contributed by atoms with Crippen LogP contribution in [-0.2, 0) is 4.79 Å². The van der Waals surface area contributed by atoms with Gasteiger partial charge < -0.3 is 5.32 Å². The van der Waals surface area contributed by atoms with Crippen LogP contribution in [0.5, 0.6) is 0 Å². The quantitative estimate of drug-likeness (QED) is 0.773. The van der Waals surface area contributed by atoms with Crippen LogP contribution < -0.4 is 5.32 Å². The number of carbonyl (C=O) groups is 1. The number of halogens is 1. The Labute approximate surface area is 101 Å². The maximum Gasteiger partial charge on any atom is 0.233 e. The molecular formula is C11H18ClNOS. The maximum absolute atomic E-state index is 11.8. The molecule has 1 N–H and O–H groups in total. The lowest BCUT2D eigenvalue weighted by Gasteiger charge is -2.21. The minimum atomic E-state index is 0.155. The number of hydrogen-bond acceptors (Lipinski definition) is 2. The first-order valence-corrected chi connectivity index (χ1v) is 7.29. The molecule has 0 aromatic rings. The highest BCUT2D eigenvalue weighted by Crippen LogP contribution is 2.35. The summed E-state index contributed by atoms with van der Waals surface area (Å²) in [6.07, 6.45) is 5.96. The predicted octanol–water partition coefficient (Wildman–Crippen LogP) is 2.41. The third kappa shape index (κ3) is 3.56. The maximum atomic E-state index is 11.8. The van der Waals surface area contributed by atoms with Crippen molar-refractivity contribution < 1.29 is 4.79 Å². The molecule has 0 aromatic carbocycles. The van der Waals surface area contributed by atoms with Crippen LogP contribution in [0.4, 0.5) is 0 Å². The molecule has 4 heteroatoms. The van der Waals surface area contributed by atoms with Gasteiger partial charge in [0.1, 0.15) is 0 Å². The molecule has 2 unspecified atom stereocenters. The molecule has 0 radical (unpaired) electrons. The van der Waals surface area contributed by atoms with Crippen LogP contribution in [0.2, 0.25) is 0 Å². The van der Waals surface area contributed by atoms with Gasteiger partial charge in [-0.2, -0.15) is 0 Å². The smallest absolute Gasteiger partial charge is 0.233 e. The molecule has 0 bridgehead atoms. The highest BCUT2D eigenvalue weighted by molar-refractivity contribution is 8.00. The van der Waals surface area contributed by atoms with Gasteiger partial charge in [-0.15, -0.1) is 23.4 Å². The topological polar surface area (TPSA) is 29.1 Å². The Balaban J connectivity index is 1.66. The molecule has 2 aliphatic rings. The molecular weight excluding hydrogens is 230 g/mol. The van der Waals surface area contributed by atoms with Crippen LogP contribution in [0.15, 0.2) is 0 Å². The summed E-state index contributed by atoms with van der Waals surface area (Å²) in [6, 6.07) is 0. The second-order valence-electron chi connectivity index (χ2n) is 4.45. The van der Waals surface area contributed by atoms with E-state index in [4.69, 9.17) is 11.6 Å². The van der Waals surface area contributed by atoms with E-state index in [-0.39, 0.29) is 16.5 Å². The molecule has 2 atom stereocenters. The first kappa shape index (κ1) is 11.6. The monoisotopic (exact) mass is 247 g/mol. The Kier molecular flexibility index (Phi) is 4.21. The molecule has 2 rings (SSSR count). The van der Waals surface area contributed by atoms with Crippen molar-refractivity contribution >= 4 is 29.3 Å². The molecule has 15 heavy (non-hydrogen) atoms. The van der Waals surface area contributed by atoms with Crippen molar-refractivity contribution in [2.75, 3.05) is 12.3 Å². The van der Waals surface area contributed by atoms with E-state index in [0.717, 1.165) is 12.2 Å².